The Bertz CT molecular complexity index is 1130. The molecule has 0 spiro atoms. The Balaban J connectivity index is 1.51. The number of nitrogens with one attached hydrogen (secondary N) is 2. The zero-order valence-corrected chi connectivity index (χ0v) is 15.6. The number of pyridine rings is 1. The van der Waals surface area contributed by atoms with Crippen molar-refractivity contribution in [1.29, 1.82) is 5.41 Å². The van der Waals surface area contributed by atoms with Crippen LogP contribution < -0.4 is 11.1 Å². The third-order valence-corrected chi connectivity index (χ3v) is 4.82. The van der Waals surface area contributed by atoms with Gasteiger partial charge in [-0.05, 0) is 12.5 Å². The van der Waals surface area contributed by atoms with E-state index in [1.807, 2.05) is 40.9 Å². The van der Waals surface area contributed by atoms with Gasteiger partial charge in [-0.3, -0.25) is 15.0 Å². The van der Waals surface area contributed by atoms with Gasteiger partial charge in [-0.15, -0.1) is 0 Å². The van der Waals surface area contributed by atoms with Crippen LogP contribution in [-0.4, -0.2) is 44.9 Å². The summed E-state index contributed by atoms with van der Waals surface area (Å²) in [4.78, 5) is 30.9. The molecule has 1 aliphatic heterocycles. The van der Waals surface area contributed by atoms with Crippen LogP contribution in [0.3, 0.4) is 0 Å². The number of amides is 2. The Morgan fingerprint density at radius 3 is 2.59 bits per heavy atom. The molecule has 0 bridgehead atoms. The van der Waals surface area contributed by atoms with E-state index in [4.69, 9.17) is 11.1 Å². The Hall–Kier alpha value is -3.94. The molecule has 0 saturated carbocycles. The van der Waals surface area contributed by atoms with Crippen LogP contribution in [0.2, 0.25) is 0 Å². The van der Waals surface area contributed by atoms with Crippen molar-refractivity contribution in [3.8, 4) is 11.3 Å². The molecule has 4 rings (SSSR count). The maximum absolute atomic E-state index is 12.5. The van der Waals surface area contributed by atoms with E-state index in [9.17, 15) is 9.59 Å². The van der Waals surface area contributed by atoms with Gasteiger partial charge < -0.3 is 20.4 Å². The number of rotatable bonds is 5. The first-order chi connectivity index (χ1) is 14.1. The summed E-state index contributed by atoms with van der Waals surface area (Å²) >= 11 is 0. The number of fused-ring (bicyclic) bond motifs is 1. The van der Waals surface area contributed by atoms with E-state index < -0.39 is 17.5 Å². The molecular formula is C21H20N6O2. The minimum absolute atomic E-state index is 0.101. The van der Waals surface area contributed by atoms with Crippen LogP contribution in [0.5, 0.6) is 0 Å². The van der Waals surface area contributed by atoms with Gasteiger partial charge in [-0.25, -0.2) is 4.98 Å². The summed E-state index contributed by atoms with van der Waals surface area (Å²) < 4.78 is 1.85. The Labute approximate surface area is 167 Å². The molecule has 3 aromatic rings. The second-order valence-electron chi connectivity index (χ2n) is 6.73. The molecular weight excluding hydrogens is 368 g/mol. The number of imidazole rings is 1. The van der Waals surface area contributed by atoms with Crippen molar-refractivity contribution in [2.24, 2.45) is 5.73 Å². The van der Waals surface area contributed by atoms with E-state index in [-0.39, 0.29) is 5.57 Å². The third kappa shape index (κ3) is 3.60. The maximum Gasteiger partial charge on any atom is 0.274 e. The van der Waals surface area contributed by atoms with Gasteiger partial charge in [0.1, 0.15) is 11.4 Å². The average molecular weight is 388 g/mol. The predicted octanol–water partition coefficient (Wildman–Crippen LogP) is 2.03. The van der Waals surface area contributed by atoms with Crippen molar-refractivity contribution >= 4 is 28.9 Å². The highest BCUT2D eigenvalue weighted by Crippen LogP contribution is 2.21. The van der Waals surface area contributed by atoms with Gasteiger partial charge in [0.2, 0.25) is 0 Å². The molecule has 2 aromatic heterocycles. The number of carbonyl (C=O) groups excluding carboxylic acids is 2. The quantitative estimate of drug-likeness (QED) is 0.458. The molecule has 0 radical (unpaired) electrons. The third-order valence-electron chi connectivity index (χ3n) is 4.82. The van der Waals surface area contributed by atoms with E-state index in [0.717, 1.165) is 23.9 Å². The van der Waals surface area contributed by atoms with E-state index in [1.54, 1.807) is 23.2 Å². The van der Waals surface area contributed by atoms with Crippen molar-refractivity contribution in [3.63, 3.8) is 0 Å². The van der Waals surface area contributed by atoms with Crippen LogP contribution in [0.4, 0.5) is 5.69 Å². The molecule has 1 saturated heterocycles. The van der Waals surface area contributed by atoms with E-state index in [2.05, 4.69) is 10.3 Å². The molecule has 0 unspecified atom stereocenters. The molecule has 29 heavy (non-hydrogen) atoms. The monoisotopic (exact) mass is 388 g/mol. The number of carbonyl (C=O) groups is 2. The molecule has 3 heterocycles. The number of nitrogens with two attached hydrogens (primary N) is 1. The van der Waals surface area contributed by atoms with Crippen LogP contribution in [0.1, 0.15) is 6.42 Å². The summed E-state index contributed by atoms with van der Waals surface area (Å²) in [6, 6.07) is 13.2. The molecule has 1 aromatic carbocycles. The summed E-state index contributed by atoms with van der Waals surface area (Å²) in [5.74, 6) is -1.09. The first-order valence-corrected chi connectivity index (χ1v) is 9.22. The Morgan fingerprint density at radius 1 is 1.17 bits per heavy atom. The summed E-state index contributed by atoms with van der Waals surface area (Å²) in [6.07, 6.45) is 5.61. The summed E-state index contributed by atoms with van der Waals surface area (Å²) in [7, 11) is 0. The highest BCUT2D eigenvalue weighted by atomic mass is 16.2. The zero-order chi connectivity index (χ0) is 20.4. The lowest BCUT2D eigenvalue weighted by atomic mass is 10.1. The topological polar surface area (TPSA) is 117 Å². The van der Waals surface area contributed by atoms with Crippen molar-refractivity contribution in [1.82, 2.24) is 14.3 Å². The van der Waals surface area contributed by atoms with E-state index in [1.165, 1.54) is 0 Å². The summed E-state index contributed by atoms with van der Waals surface area (Å²) in [6.45, 7) is 1.23. The lowest BCUT2D eigenvalue weighted by Crippen LogP contribution is -2.45. The molecule has 4 N–H and O–H groups in total. The second kappa shape index (κ2) is 7.59. The SMILES string of the molecule is N=C(C(=O)Nc1ccn2cc(-c3ccccc3)nc2c1)C(=CN)C(=O)N1CCC1. The fraction of sp³-hybridized carbons (Fsp3) is 0.143. The molecule has 0 atom stereocenters. The number of anilines is 1. The fourth-order valence-corrected chi connectivity index (χ4v) is 3.07. The van der Waals surface area contributed by atoms with Crippen molar-refractivity contribution < 1.29 is 9.59 Å². The first-order valence-electron chi connectivity index (χ1n) is 9.22. The van der Waals surface area contributed by atoms with Crippen LogP contribution in [0.25, 0.3) is 16.9 Å². The minimum Gasteiger partial charge on any atom is -0.404 e. The molecule has 8 nitrogen and oxygen atoms in total. The number of nitrogens with zero attached hydrogens (tertiary/aromatic N) is 3. The summed E-state index contributed by atoms with van der Waals surface area (Å²) in [5, 5.41) is 10.7. The van der Waals surface area contributed by atoms with E-state index >= 15 is 0 Å². The van der Waals surface area contributed by atoms with Gasteiger partial charge in [0.05, 0.1) is 11.3 Å². The maximum atomic E-state index is 12.5. The van der Waals surface area contributed by atoms with Crippen molar-refractivity contribution in [2.45, 2.75) is 6.42 Å². The number of aromatic nitrogens is 2. The number of hydrogen-bond acceptors (Lipinski definition) is 5. The summed E-state index contributed by atoms with van der Waals surface area (Å²) in [5.41, 5.74) is 7.89. The number of hydrogen-bond donors (Lipinski definition) is 3. The normalized spacial score (nSPS) is 13.8. The predicted molar refractivity (Wildman–Crippen MR) is 110 cm³/mol. The molecule has 0 aliphatic carbocycles. The number of benzene rings is 1. The highest BCUT2D eigenvalue weighted by molar-refractivity contribution is 6.52. The largest absolute Gasteiger partial charge is 0.404 e. The minimum atomic E-state index is -0.699. The molecule has 1 fully saturated rings. The Morgan fingerprint density at radius 2 is 1.93 bits per heavy atom. The number of likely N-dealkylation sites (tertiary alicyclic amines) is 1. The van der Waals surface area contributed by atoms with Gasteiger partial charge in [0.15, 0.2) is 0 Å². The zero-order valence-electron chi connectivity index (χ0n) is 15.6. The fourth-order valence-electron chi connectivity index (χ4n) is 3.07. The van der Waals surface area contributed by atoms with Crippen molar-refractivity contribution in [2.75, 3.05) is 18.4 Å². The molecule has 1 aliphatic rings. The smallest absolute Gasteiger partial charge is 0.274 e. The van der Waals surface area contributed by atoms with Crippen LogP contribution in [-0.2, 0) is 9.59 Å². The van der Waals surface area contributed by atoms with Crippen LogP contribution in [0, 0.1) is 5.41 Å². The first kappa shape index (κ1) is 18.4. The lowest BCUT2D eigenvalue weighted by Gasteiger charge is -2.31. The lowest BCUT2D eigenvalue weighted by molar-refractivity contribution is -0.130. The Kier molecular flexibility index (Phi) is 4.82. The van der Waals surface area contributed by atoms with Gasteiger partial charge in [-0.2, -0.15) is 0 Å². The van der Waals surface area contributed by atoms with Gasteiger partial charge in [-0.1, -0.05) is 30.3 Å². The molecule has 8 heteroatoms. The molecule has 146 valence electrons. The standard InChI is InChI=1S/C21H20N6O2/c22-12-16(21(29)26-8-4-9-26)19(23)20(28)24-15-7-10-27-13-17(25-18(27)11-15)14-5-2-1-3-6-14/h1-3,5-7,10-13,23H,4,8-9,22H2,(H,24,28). The van der Waals surface area contributed by atoms with Gasteiger partial charge in [0.25, 0.3) is 11.8 Å². The molecule has 2 amide bonds. The average Bonchev–Trinajstić information content (AvgIpc) is 3.11. The van der Waals surface area contributed by atoms with Crippen LogP contribution >= 0.6 is 0 Å². The van der Waals surface area contributed by atoms with Gasteiger partial charge >= 0.3 is 0 Å². The van der Waals surface area contributed by atoms with Gasteiger partial charge in [0, 0.05) is 49.0 Å². The van der Waals surface area contributed by atoms with Crippen molar-refractivity contribution in [3.05, 3.63) is 66.6 Å². The van der Waals surface area contributed by atoms with E-state index in [0.29, 0.717) is 24.4 Å². The second-order valence-corrected chi connectivity index (χ2v) is 6.73. The van der Waals surface area contributed by atoms with Crippen LogP contribution in [0.15, 0.2) is 66.6 Å². The highest BCUT2D eigenvalue weighted by Gasteiger charge is 2.28.